The average Bonchev–Trinajstić information content (AvgIpc) is 2.47. The summed E-state index contributed by atoms with van der Waals surface area (Å²) in [6.07, 6.45) is 0. The highest BCUT2D eigenvalue weighted by atomic mass is 16.2. The molecule has 0 bridgehead atoms. The number of aryl methyl sites for hydroxylation is 1. The lowest BCUT2D eigenvalue weighted by Crippen LogP contribution is -2.28. The zero-order valence-corrected chi connectivity index (χ0v) is 12.2. The molecule has 108 valence electrons. The van der Waals surface area contributed by atoms with Crippen molar-refractivity contribution in [2.24, 2.45) is 0 Å². The topological polar surface area (TPSA) is 82.3 Å². The van der Waals surface area contributed by atoms with Crippen LogP contribution in [0.15, 0.2) is 30.3 Å². The van der Waals surface area contributed by atoms with Crippen LogP contribution in [0.25, 0.3) is 0 Å². The molecule has 0 aliphatic carbocycles. The molecular weight excluding hydrogens is 244 g/mol. The highest BCUT2D eigenvalue weighted by Gasteiger charge is 1.82. The standard InChI is InChI=1S/C7H8.2C3H8N2O/c1-7-5-3-2-4-6-7;2*1-4-3(6)5-2/h2-6H,1H3;2*1-2H3,(H2,4,5,6). The SMILES string of the molecule is CNC(=O)NC.CNC(=O)NC.Cc1ccccc1. The Kier molecular flexibility index (Phi) is 13.9. The van der Waals surface area contributed by atoms with Crippen molar-refractivity contribution < 1.29 is 9.59 Å². The monoisotopic (exact) mass is 268 g/mol. The van der Waals surface area contributed by atoms with Gasteiger partial charge in [-0.2, -0.15) is 0 Å². The number of nitrogens with one attached hydrogen (secondary N) is 4. The summed E-state index contributed by atoms with van der Waals surface area (Å²) < 4.78 is 0. The van der Waals surface area contributed by atoms with Crippen LogP contribution in [0.1, 0.15) is 5.56 Å². The molecular formula is C13H24N4O2. The van der Waals surface area contributed by atoms with E-state index >= 15 is 0 Å². The minimum Gasteiger partial charge on any atom is -0.341 e. The summed E-state index contributed by atoms with van der Waals surface area (Å²) in [4.78, 5) is 19.9. The molecule has 1 aromatic carbocycles. The fourth-order valence-electron chi connectivity index (χ4n) is 0.784. The van der Waals surface area contributed by atoms with Crippen molar-refractivity contribution in [1.82, 2.24) is 21.3 Å². The van der Waals surface area contributed by atoms with E-state index in [1.165, 1.54) is 5.56 Å². The van der Waals surface area contributed by atoms with Crippen LogP contribution >= 0.6 is 0 Å². The number of amides is 4. The van der Waals surface area contributed by atoms with Gasteiger partial charge in [0.1, 0.15) is 0 Å². The quantitative estimate of drug-likeness (QED) is 0.568. The Morgan fingerprint density at radius 3 is 1.16 bits per heavy atom. The molecule has 1 rings (SSSR count). The molecule has 4 amide bonds. The normalized spacial score (nSPS) is 7.63. The summed E-state index contributed by atoms with van der Waals surface area (Å²) in [7, 11) is 6.27. The Bertz CT molecular complexity index is 314. The Morgan fingerprint density at radius 2 is 1.05 bits per heavy atom. The minimum atomic E-state index is -0.157. The summed E-state index contributed by atoms with van der Waals surface area (Å²) in [5, 5.41) is 9.46. The first-order valence-electron chi connectivity index (χ1n) is 5.82. The second-order valence-corrected chi connectivity index (χ2v) is 3.31. The van der Waals surface area contributed by atoms with Gasteiger partial charge in [-0.25, -0.2) is 9.59 Å². The van der Waals surface area contributed by atoms with Crippen LogP contribution in [0.4, 0.5) is 9.59 Å². The van der Waals surface area contributed by atoms with E-state index < -0.39 is 0 Å². The summed E-state index contributed by atoms with van der Waals surface area (Å²) in [6.45, 7) is 2.08. The summed E-state index contributed by atoms with van der Waals surface area (Å²) in [5.74, 6) is 0. The predicted molar refractivity (Wildman–Crippen MR) is 78.2 cm³/mol. The Hall–Kier alpha value is -2.24. The van der Waals surface area contributed by atoms with Gasteiger partial charge in [-0.05, 0) is 6.92 Å². The van der Waals surface area contributed by atoms with Crippen molar-refractivity contribution in [3.05, 3.63) is 35.9 Å². The second-order valence-electron chi connectivity index (χ2n) is 3.31. The number of rotatable bonds is 0. The smallest absolute Gasteiger partial charge is 0.314 e. The highest BCUT2D eigenvalue weighted by molar-refractivity contribution is 5.73. The largest absolute Gasteiger partial charge is 0.341 e. The van der Waals surface area contributed by atoms with E-state index in [9.17, 15) is 9.59 Å². The van der Waals surface area contributed by atoms with Gasteiger partial charge in [-0.3, -0.25) is 0 Å². The Balaban J connectivity index is 0. The molecule has 0 saturated heterocycles. The van der Waals surface area contributed by atoms with E-state index in [0.29, 0.717) is 0 Å². The third-order valence-corrected chi connectivity index (χ3v) is 1.85. The number of hydrogen-bond donors (Lipinski definition) is 4. The summed E-state index contributed by atoms with van der Waals surface area (Å²) in [6, 6.07) is 9.95. The second kappa shape index (κ2) is 13.8. The molecule has 0 atom stereocenters. The molecule has 0 aliphatic rings. The summed E-state index contributed by atoms with van der Waals surface area (Å²) >= 11 is 0. The van der Waals surface area contributed by atoms with Crippen LogP contribution < -0.4 is 21.3 Å². The maximum atomic E-state index is 9.96. The molecule has 1 aromatic rings. The van der Waals surface area contributed by atoms with Crippen molar-refractivity contribution >= 4 is 12.1 Å². The van der Waals surface area contributed by atoms with E-state index in [0.717, 1.165) is 0 Å². The van der Waals surface area contributed by atoms with Crippen LogP contribution in [0.5, 0.6) is 0 Å². The third kappa shape index (κ3) is 15.8. The molecule has 0 unspecified atom stereocenters. The third-order valence-electron chi connectivity index (χ3n) is 1.85. The highest BCUT2D eigenvalue weighted by Crippen LogP contribution is 1.92. The molecule has 0 radical (unpaired) electrons. The van der Waals surface area contributed by atoms with Gasteiger partial charge >= 0.3 is 12.1 Å². The van der Waals surface area contributed by atoms with Gasteiger partial charge in [0.15, 0.2) is 0 Å². The van der Waals surface area contributed by atoms with E-state index in [-0.39, 0.29) is 12.1 Å². The molecule has 19 heavy (non-hydrogen) atoms. The maximum Gasteiger partial charge on any atom is 0.314 e. The van der Waals surface area contributed by atoms with Crippen molar-refractivity contribution in [3.63, 3.8) is 0 Å². The molecule has 0 saturated carbocycles. The first kappa shape index (κ1) is 19.1. The van der Waals surface area contributed by atoms with E-state index in [1.54, 1.807) is 28.2 Å². The van der Waals surface area contributed by atoms with Gasteiger partial charge in [0.25, 0.3) is 0 Å². The van der Waals surface area contributed by atoms with Gasteiger partial charge in [0, 0.05) is 28.2 Å². The van der Waals surface area contributed by atoms with Gasteiger partial charge in [0.2, 0.25) is 0 Å². The molecule has 0 aliphatic heterocycles. The number of carbonyl (C=O) groups excluding carboxylic acids is 2. The first-order chi connectivity index (χ1) is 9.01. The van der Waals surface area contributed by atoms with Crippen LogP contribution in [0.3, 0.4) is 0 Å². The van der Waals surface area contributed by atoms with Crippen LogP contribution in [0, 0.1) is 6.92 Å². The van der Waals surface area contributed by atoms with E-state index in [2.05, 4.69) is 40.3 Å². The molecule has 0 heterocycles. The van der Waals surface area contributed by atoms with Crippen LogP contribution in [-0.4, -0.2) is 40.3 Å². The van der Waals surface area contributed by atoms with Gasteiger partial charge < -0.3 is 21.3 Å². The van der Waals surface area contributed by atoms with Crippen LogP contribution in [0.2, 0.25) is 0 Å². The number of carbonyl (C=O) groups is 2. The average molecular weight is 268 g/mol. The van der Waals surface area contributed by atoms with Gasteiger partial charge in [-0.15, -0.1) is 0 Å². The van der Waals surface area contributed by atoms with Crippen molar-refractivity contribution in [3.8, 4) is 0 Å². The zero-order chi connectivity index (χ0) is 15.1. The number of benzene rings is 1. The lowest BCUT2D eigenvalue weighted by atomic mass is 10.2. The Labute approximate surface area is 115 Å². The lowest BCUT2D eigenvalue weighted by Gasteiger charge is -1.91. The van der Waals surface area contributed by atoms with Crippen LogP contribution in [-0.2, 0) is 0 Å². The van der Waals surface area contributed by atoms with Gasteiger partial charge in [-0.1, -0.05) is 35.9 Å². The Morgan fingerprint density at radius 1 is 0.737 bits per heavy atom. The molecule has 6 heteroatoms. The molecule has 6 nitrogen and oxygen atoms in total. The van der Waals surface area contributed by atoms with E-state index in [4.69, 9.17) is 0 Å². The molecule has 4 N–H and O–H groups in total. The van der Waals surface area contributed by atoms with Crippen molar-refractivity contribution in [1.29, 1.82) is 0 Å². The molecule has 0 fully saturated rings. The van der Waals surface area contributed by atoms with E-state index in [1.807, 2.05) is 18.2 Å². The fourth-order valence-corrected chi connectivity index (χ4v) is 0.784. The number of urea groups is 2. The first-order valence-corrected chi connectivity index (χ1v) is 5.82. The fraction of sp³-hybridized carbons (Fsp3) is 0.385. The zero-order valence-electron chi connectivity index (χ0n) is 12.2. The summed E-state index contributed by atoms with van der Waals surface area (Å²) in [5.41, 5.74) is 1.32. The van der Waals surface area contributed by atoms with Crippen molar-refractivity contribution in [2.45, 2.75) is 6.92 Å². The van der Waals surface area contributed by atoms with Gasteiger partial charge in [0.05, 0.1) is 0 Å². The predicted octanol–water partition coefficient (Wildman–Crippen LogP) is 1.09. The lowest BCUT2D eigenvalue weighted by molar-refractivity contribution is 0.244. The molecule has 0 aromatic heterocycles. The maximum absolute atomic E-state index is 9.96. The minimum absolute atomic E-state index is 0.157. The molecule has 0 spiro atoms. The van der Waals surface area contributed by atoms with Crippen molar-refractivity contribution in [2.75, 3.05) is 28.2 Å². The number of hydrogen-bond acceptors (Lipinski definition) is 2.